The minimum absolute atomic E-state index is 0.0569. The summed E-state index contributed by atoms with van der Waals surface area (Å²) in [7, 11) is -3.73. The summed E-state index contributed by atoms with van der Waals surface area (Å²) in [6, 6.07) is 16.0. The van der Waals surface area contributed by atoms with Crippen molar-refractivity contribution in [2.45, 2.75) is 4.90 Å². The van der Waals surface area contributed by atoms with Gasteiger partial charge in [-0.25, -0.2) is 17.9 Å². The smallest absolute Gasteiger partial charge is 0.336 e. The van der Waals surface area contributed by atoms with Crippen LogP contribution in [0.1, 0.15) is 10.4 Å². The van der Waals surface area contributed by atoms with Gasteiger partial charge in [-0.05, 0) is 36.4 Å². The molecule has 2 aromatic carbocycles. The maximum Gasteiger partial charge on any atom is 0.336 e. The summed E-state index contributed by atoms with van der Waals surface area (Å²) >= 11 is 0. The summed E-state index contributed by atoms with van der Waals surface area (Å²) < 4.78 is 29.0. The summed E-state index contributed by atoms with van der Waals surface area (Å²) in [5, 5.41) is 17.4. The van der Waals surface area contributed by atoms with Gasteiger partial charge >= 0.3 is 5.97 Å². The van der Waals surface area contributed by atoms with Crippen LogP contribution in [0.5, 0.6) is 0 Å². The van der Waals surface area contributed by atoms with E-state index in [0.717, 1.165) is 0 Å². The van der Waals surface area contributed by atoms with Crippen molar-refractivity contribution in [2.75, 3.05) is 4.72 Å². The average molecular weight is 421 g/mol. The van der Waals surface area contributed by atoms with Crippen LogP contribution in [-0.4, -0.2) is 39.5 Å². The maximum atomic E-state index is 12.5. The minimum atomic E-state index is -3.73. The SMILES string of the molecule is O=C(O)c1ccncc1-c1cn(-c2cccc(NS(=O)(=O)c3ccccc3)c2)nn1. The van der Waals surface area contributed by atoms with Gasteiger partial charge in [-0.3, -0.25) is 9.71 Å². The topological polar surface area (TPSA) is 127 Å². The molecule has 0 fully saturated rings. The first kappa shape index (κ1) is 19.3. The van der Waals surface area contributed by atoms with Gasteiger partial charge < -0.3 is 5.11 Å². The largest absolute Gasteiger partial charge is 0.478 e. The molecule has 0 saturated heterocycles. The number of carboxylic acid groups (broad SMARTS) is 1. The summed E-state index contributed by atoms with van der Waals surface area (Å²) in [6.45, 7) is 0. The van der Waals surface area contributed by atoms with E-state index in [4.69, 9.17) is 0 Å². The molecule has 2 N–H and O–H groups in total. The molecule has 0 aliphatic heterocycles. The molecule has 0 radical (unpaired) electrons. The third-order valence-electron chi connectivity index (χ3n) is 4.24. The summed E-state index contributed by atoms with van der Waals surface area (Å²) in [6.07, 6.45) is 4.34. The predicted octanol–water partition coefficient (Wildman–Crippen LogP) is 2.83. The Bertz CT molecular complexity index is 1320. The first-order valence-corrected chi connectivity index (χ1v) is 10.2. The van der Waals surface area contributed by atoms with Crippen LogP contribution in [0.2, 0.25) is 0 Å². The minimum Gasteiger partial charge on any atom is -0.478 e. The number of aromatic carboxylic acids is 1. The Morgan fingerprint density at radius 1 is 1.03 bits per heavy atom. The third kappa shape index (κ3) is 3.89. The Labute approximate surface area is 171 Å². The number of sulfonamides is 1. The number of nitrogens with zero attached hydrogens (tertiary/aromatic N) is 4. The molecule has 10 heteroatoms. The lowest BCUT2D eigenvalue weighted by Crippen LogP contribution is -2.13. The molecular weight excluding hydrogens is 406 g/mol. The van der Waals surface area contributed by atoms with Crippen molar-refractivity contribution in [3.8, 4) is 16.9 Å². The molecule has 0 spiro atoms. The molecule has 4 rings (SSSR count). The molecule has 9 nitrogen and oxygen atoms in total. The van der Waals surface area contributed by atoms with E-state index in [9.17, 15) is 18.3 Å². The van der Waals surface area contributed by atoms with E-state index in [-0.39, 0.29) is 10.5 Å². The number of carboxylic acids is 1. The molecule has 150 valence electrons. The van der Waals surface area contributed by atoms with E-state index < -0.39 is 16.0 Å². The number of rotatable bonds is 6. The second-order valence-corrected chi connectivity index (χ2v) is 7.93. The van der Waals surface area contributed by atoms with Crippen LogP contribution in [0.25, 0.3) is 16.9 Å². The summed E-state index contributed by atoms with van der Waals surface area (Å²) in [5.41, 5.74) is 1.61. The number of hydrogen-bond acceptors (Lipinski definition) is 6. The summed E-state index contributed by atoms with van der Waals surface area (Å²) in [4.78, 5) is 15.5. The standard InChI is InChI=1S/C20H15N5O4S/c26-20(27)17-9-10-21-12-18(17)19-13-25(24-22-19)15-6-4-5-14(11-15)23-30(28,29)16-7-2-1-3-8-16/h1-13,23H,(H,26,27). The van der Waals surface area contributed by atoms with E-state index in [2.05, 4.69) is 20.0 Å². The Balaban J connectivity index is 1.64. The van der Waals surface area contributed by atoms with Gasteiger partial charge in [-0.1, -0.05) is 29.5 Å². The van der Waals surface area contributed by atoms with Crippen LogP contribution < -0.4 is 4.72 Å². The molecule has 0 unspecified atom stereocenters. The zero-order chi connectivity index (χ0) is 21.1. The van der Waals surface area contributed by atoms with E-state index >= 15 is 0 Å². The van der Waals surface area contributed by atoms with Gasteiger partial charge in [0.2, 0.25) is 0 Å². The fourth-order valence-electron chi connectivity index (χ4n) is 2.82. The van der Waals surface area contributed by atoms with Crippen molar-refractivity contribution in [1.29, 1.82) is 0 Å². The van der Waals surface area contributed by atoms with Crippen LogP contribution in [0.3, 0.4) is 0 Å². The molecule has 0 saturated carbocycles. The van der Waals surface area contributed by atoms with Gasteiger partial charge in [0.05, 0.1) is 28.0 Å². The lowest BCUT2D eigenvalue weighted by molar-refractivity contribution is 0.0697. The highest BCUT2D eigenvalue weighted by atomic mass is 32.2. The third-order valence-corrected chi connectivity index (χ3v) is 5.63. The van der Waals surface area contributed by atoms with E-state index in [1.165, 1.54) is 35.3 Å². The Morgan fingerprint density at radius 3 is 2.60 bits per heavy atom. The first-order chi connectivity index (χ1) is 14.4. The molecule has 0 atom stereocenters. The first-order valence-electron chi connectivity index (χ1n) is 8.72. The van der Waals surface area contributed by atoms with E-state index in [1.54, 1.807) is 48.7 Å². The van der Waals surface area contributed by atoms with Crippen molar-refractivity contribution in [3.05, 3.63) is 84.8 Å². The number of anilines is 1. The highest BCUT2D eigenvalue weighted by molar-refractivity contribution is 7.92. The van der Waals surface area contributed by atoms with Gasteiger partial charge in [0.25, 0.3) is 10.0 Å². The van der Waals surface area contributed by atoms with Gasteiger partial charge in [0.15, 0.2) is 0 Å². The van der Waals surface area contributed by atoms with Crippen molar-refractivity contribution >= 4 is 21.7 Å². The van der Waals surface area contributed by atoms with Gasteiger partial charge in [0, 0.05) is 18.0 Å². The lowest BCUT2D eigenvalue weighted by atomic mass is 10.1. The van der Waals surface area contributed by atoms with Crippen molar-refractivity contribution < 1.29 is 18.3 Å². The fraction of sp³-hybridized carbons (Fsp3) is 0. The van der Waals surface area contributed by atoms with E-state index in [1.807, 2.05) is 0 Å². The molecule has 0 aliphatic carbocycles. The number of pyridine rings is 1. The highest BCUT2D eigenvalue weighted by Crippen LogP contribution is 2.23. The monoisotopic (exact) mass is 421 g/mol. The number of hydrogen-bond donors (Lipinski definition) is 2. The number of benzene rings is 2. The number of carbonyl (C=O) groups is 1. The second-order valence-electron chi connectivity index (χ2n) is 6.24. The molecule has 4 aromatic rings. The maximum absolute atomic E-state index is 12.5. The Hall–Kier alpha value is -4.05. The van der Waals surface area contributed by atoms with Crippen molar-refractivity contribution in [2.24, 2.45) is 0 Å². The molecule has 2 heterocycles. The van der Waals surface area contributed by atoms with E-state index in [0.29, 0.717) is 22.6 Å². The molecule has 30 heavy (non-hydrogen) atoms. The van der Waals surface area contributed by atoms with Crippen LogP contribution in [0, 0.1) is 0 Å². The predicted molar refractivity (Wildman–Crippen MR) is 109 cm³/mol. The fourth-order valence-corrected chi connectivity index (χ4v) is 3.89. The molecule has 0 aliphatic rings. The number of aromatic nitrogens is 4. The van der Waals surface area contributed by atoms with Gasteiger partial charge in [-0.15, -0.1) is 5.10 Å². The molecular formula is C20H15N5O4S. The number of nitrogens with one attached hydrogen (secondary N) is 1. The Morgan fingerprint density at radius 2 is 1.83 bits per heavy atom. The second kappa shape index (κ2) is 7.76. The zero-order valence-electron chi connectivity index (χ0n) is 15.4. The average Bonchev–Trinajstić information content (AvgIpc) is 3.24. The summed E-state index contributed by atoms with van der Waals surface area (Å²) in [5.74, 6) is -1.10. The van der Waals surface area contributed by atoms with Crippen molar-refractivity contribution in [3.63, 3.8) is 0 Å². The highest BCUT2D eigenvalue weighted by Gasteiger charge is 2.16. The molecule has 2 aromatic heterocycles. The molecule has 0 bridgehead atoms. The quantitative estimate of drug-likeness (QED) is 0.490. The Kier molecular flexibility index (Phi) is 4.98. The van der Waals surface area contributed by atoms with Gasteiger partial charge in [0.1, 0.15) is 5.69 Å². The van der Waals surface area contributed by atoms with Crippen LogP contribution in [0.4, 0.5) is 5.69 Å². The van der Waals surface area contributed by atoms with Gasteiger partial charge in [-0.2, -0.15) is 0 Å². The normalized spacial score (nSPS) is 11.2. The van der Waals surface area contributed by atoms with Crippen LogP contribution in [-0.2, 0) is 10.0 Å². The van der Waals surface area contributed by atoms with Crippen LogP contribution in [0.15, 0.2) is 84.1 Å². The lowest BCUT2D eigenvalue weighted by Gasteiger charge is -2.09. The zero-order valence-corrected chi connectivity index (χ0v) is 16.2. The van der Waals surface area contributed by atoms with Crippen LogP contribution >= 0.6 is 0 Å². The molecule has 0 amide bonds. The van der Waals surface area contributed by atoms with Crippen molar-refractivity contribution in [1.82, 2.24) is 20.0 Å².